The molecule has 6 nitrogen and oxygen atoms in total. The van der Waals surface area contributed by atoms with E-state index in [2.05, 4.69) is 9.80 Å². The second kappa shape index (κ2) is 7.07. The minimum absolute atomic E-state index is 0.206. The van der Waals surface area contributed by atoms with E-state index in [4.69, 9.17) is 0 Å². The van der Waals surface area contributed by atoms with Gasteiger partial charge in [0.25, 0.3) is 0 Å². The molecule has 2 fully saturated rings. The third-order valence-corrected chi connectivity index (χ3v) is 6.45. The lowest BCUT2D eigenvalue weighted by atomic mass is 10.0. The van der Waals surface area contributed by atoms with Crippen LogP contribution in [-0.2, 0) is 14.6 Å². The minimum atomic E-state index is -2.90. The van der Waals surface area contributed by atoms with Crippen molar-refractivity contribution in [1.29, 1.82) is 0 Å². The molecule has 7 heteroatoms. The molecule has 2 heterocycles. The first kappa shape index (κ1) is 16.7. The molecule has 0 amide bonds. The van der Waals surface area contributed by atoms with Crippen LogP contribution in [0.3, 0.4) is 0 Å². The van der Waals surface area contributed by atoms with Crippen LogP contribution in [-0.4, -0.2) is 79.1 Å². The number of carboxylic acids is 1. The first-order valence-electron chi connectivity index (χ1n) is 7.84. The normalized spacial score (nSPS) is 26.2. The SMILES string of the molecule is CCS(=O)(=O)CCN1CCC(N2CCCC2C(=O)O)CC1. The zero-order valence-corrected chi connectivity index (χ0v) is 13.5. The van der Waals surface area contributed by atoms with Crippen molar-refractivity contribution in [1.82, 2.24) is 9.80 Å². The molecule has 1 atom stereocenters. The summed E-state index contributed by atoms with van der Waals surface area (Å²) in [5.74, 6) is -0.267. The standard InChI is InChI=1S/C14H26N2O4S/c1-2-21(19,20)11-10-15-8-5-12(6-9-15)16-7-3-4-13(16)14(17)18/h12-13H,2-11H2,1H3,(H,17,18). The summed E-state index contributed by atoms with van der Waals surface area (Å²) in [7, 11) is -2.90. The average molecular weight is 318 g/mol. The molecule has 2 saturated heterocycles. The predicted octanol–water partition coefficient (Wildman–Crippen LogP) is 0.435. The Hall–Kier alpha value is -0.660. The number of aliphatic carboxylic acids is 1. The molecule has 122 valence electrons. The first-order chi connectivity index (χ1) is 9.93. The summed E-state index contributed by atoms with van der Waals surface area (Å²) < 4.78 is 23.1. The van der Waals surface area contributed by atoms with Crippen molar-refractivity contribution in [3.63, 3.8) is 0 Å². The van der Waals surface area contributed by atoms with Gasteiger partial charge in [0.15, 0.2) is 9.84 Å². The van der Waals surface area contributed by atoms with Crippen LogP contribution in [0.4, 0.5) is 0 Å². The molecular formula is C14H26N2O4S. The van der Waals surface area contributed by atoms with Crippen molar-refractivity contribution < 1.29 is 18.3 Å². The number of hydrogen-bond donors (Lipinski definition) is 1. The van der Waals surface area contributed by atoms with Crippen LogP contribution in [0, 0.1) is 0 Å². The van der Waals surface area contributed by atoms with Gasteiger partial charge >= 0.3 is 5.97 Å². The highest BCUT2D eigenvalue weighted by Crippen LogP contribution is 2.26. The average Bonchev–Trinajstić information content (AvgIpc) is 2.95. The highest BCUT2D eigenvalue weighted by molar-refractivity contribution is 7.91. The first-order valence-corrected chi connectivity index (χ1v) is 9.66. The van der Waals surface area contributed by atoms with E-state index in [1.165, 1.54) is 0 Å². The van der Waals surface area contributed by atoms with E-state index in [-0.39, 0.29) is 17.5 Å². The van der Waals surface area contributed by atoms with Crippen LogP contribution in [0.2, 0.25) is 0 Å². The second-order valence-corrected chi connectivity index (χ2v) is 8.52. The molecule has 0 aromatic heterocycles. The number of hydrogen-bond acceptors (Lipinski definition) is 5. The van der Waals surface area contributed by atoms with Crippen LogP contribution in [0.1, 0.15) is 32.6 Å². The fourth-order valence-electron chi connectivity index (χ4n) is 3.38. The minimum Gasteiger partial charge on any atom is -0.480 e. The molecule has 1 N–H and O–H groups in total. The van der Waals surface area contributed by atoms with E-state index >= 15 is 0 Å². The number of likely N-dealkylation sites (tertiary alicyclic amines) is 2. The van der Waals surface area contributed by atoms with Crippen molar-refractivity contribution in [3.05, 3.63) is 0 Å². The number of carboxylic acid groups (broad SMARTS) is 1. The maximum Gasteiger partial charge on any atom is 0.320 e. The third kappa shape index (κ3) is 4.40. The van der Waals surface area contributed by atoms with Crippen molar-refractivity contribution in [2.75, 3.05) is 37.7 Å². The Morgan fingerprint density at radius 2 is 1.86 bits per heavy atom. The molecule has 0 radical (unpaired) electrons. The van der Waals surface area contributed by atoms with Gasteiger partial charge in [0.2, 0.25) is 0 Å². The van der Waals surface area contributed by atoms with Gasteiger partial charge in [0.1, 0.15) is 6.04 Å². The van der Waals surface area contributed by atoms with E-state index in [0.29, 0.717) is 12.6 Å². The lowest BCUT2D eigenvalue weighted by Gasteiger charge is -2.38. The van der Waals surface area contributed by atoms with Gasteiger partial charge in [-0.15, -0.1) is 0 Å². The van der Waals surface area contributed by atoms with E-state index in [1.54, 1.807) is 6.92 Å². The molecule has 21 heavy (non-hydrogen) atoms. The third-order valence-electron chi connectivity index (χ3n) is 4.76. The van der Waals surface area contributed by atoms with Crippen molar-refractivity contribution in [2.24, 2.45) is 0 Å². The molecule has 0 aromatic rings. The summed E-state index contributed by atoms with van der Waals surface area (Å²) in [6.45, 7) is 4.90. The fourth-order valence-corrected chi connectivity index (χ4v) is 4.20. The Morgan fingerprint density at radius 1 is 1.19 bits per heavy atom. The Kier molecular flexibility index (Phi) is 5.62. The Labute approximate surface area is 127 Å². The van der Waals surface area contributed by atoms with Crippen LogP contribution in [0.15, 0.2) is 0 Å². The number of sulfone groups is 1. The lowest BCUT2D eigenvalue weighted by Crippen LogP contribution is -2.49. The topological polar surface area (TPSA) is 77.9 Å². The Morgan fingerprint density at radius 3 is 2.43 bits per heavy atom. The van der Waals surface area contributed by atoms with Gasteiger partial charge < -0.3 is 10.0 Å². The molecule has 0 bridgehead atoms. The van der Waals surface area contributed by atoms with Gasteiger partial charge in [-0.05, 0) is 45.3 Å². The van der Waals surface area contributed by atoms with Crippen molar-refractivity contribution in [3.8, 4) is 0 Å². The van der Waals surface area contributed by atoms with Gasteiger partial charge in [-0.3, -0.25) is 9.69 Å². The van der Waals surface area contributed by atoms with Crippen LogP contribution in [0.25, 0.3) is 0 Å². The van der Waals surface area contributed by atoms with Gasteiger partial charge in [0.05, 0.1) is 5.75 Å². The highest BCUT2D eigenvalue weighted by Gasteiger charge is 2.36. The van der Waals surface area contributed by atoms with Gasteiger partial charge in [0, 0.05) is 18.3 Å². The molecule has 1 unspecified atom stereocenters. The quantitative estimate of drug-likeness (QED) is 0.765. The Balaban J connectivity index is 1.79. The Bertz CT molecular complexity index is 458. The molecule has 0 aliphatic carbocycles. The fraction of sp³-hybridized carbons (Fsp3) is 0.929. The predicted molar refractivity (Wildman–Crippen MR) is 81.2 cm³/mol. The summed E-state index contributed by atoms with van der Waals surface area (Å²) in [6.07, 6.45) is 3.60. The number of carbonyl (C=O) groups is 1. The number of piperidine rings is 1. The molecule has 2 aliphatic rings. The largest absolute Gasteiger partial charge is 0.480 e. The van der Waals surface area contributed by atoms with Crippen molar-refractivity contribution in [2.45, 2.75) is 44.7 Å². The van der Waals surface area contributed by atoms with Gasteiger partial charge in [-0.1, -0.05) is 6.92 Å². The molecular weight excluding hydrogens is 292 g/mol. The maximum atomic E-state index is 11.5. The summed E-state index contributed by atoms with van der Waals surface area (Å²) in [4.78, 5) is 15.6. The summed E-state index contributed by atoms with van der Waals surface area (Å²) in [6, 6.07) is 0.0228. The molecule has 0 saturated carbocycles. The highest BCUT2D eigenvalue weighted by atomic mass is 32.2. The van der Waals surface area contributed by atoms with E-state index in [1.807, 2.05) is 0 Å². The number of rotatable bonds is 6. The maximum absolute atomic E-state index is 11.5. The van der Waals surface area contributed by atoms with E-state index in [9.17, 15) is 18.3 Å². The smallest absolute Gasteiger partial charge is 0.320 e. The molecule has 2 aliphatic heterocycles. The summed E-state index contributed by atoms with van der Waals surface area (Å²) in [5, 5.41) is 9.25. The molecule has 2 rings (SSSR count). The van der Waals surface area contributed by atoms with Gasteiger partial charge in [-0.2, -0.15) is 0 Å². The van der Waals surface area contributed by atoms with Crippen molar-refractivity contribution >= 4 is 15.8 Å². The van der Waals surface area contributed by atoms with E-state index < -0.39 is 15.8 Å². The monoisotopic (exact) mass is 318 g/mol. The van der Waals surface area contributed by atoms with Crippen LogP contribution in [0.5, 0.6) is 0 Å². The van der Waals surface area contributed by atoms with E-state index in [0.717, 1.165) is 45.3 Å². The summed E-state index contributed by atoms with van der Waals surface area (Å²) in [5.41, 5.74) is 0. The van der Waals surface area contributed by atoms with Crippen LogP contribution < -0.4 is 0 Å². The molecule has 0 aromatic carbocycles. The zero-order valence-electron chi connectivity index (χ0n) is 12.7. The van der Waals surface area contributed by atoms with Crippen LogP contribution >= 0.6 is 0 Å². The number of nitrogens with zero attached hydrogens (tertiary/aromatic N) is 2. The zero-order chi connectivity index (χ0) is 15.5. The summed E-state index contributed by atoms with van der Waals surface area (Å²) >= 11 is 0. The van der Waals surface area contributed by atoms with Gasteiger partial charge in [-0.25, -0.2) is 8.42 Å². The lowest BCUT2D eigenvalue weighted by molar-refractivity contribution is -0.143. The second-order valence-electron chi connectivity index (χ2n) is 6.04. The molecule has 0 spiro atoms.